The smallest absolute Gasteiger partial charge is 0.328 e. The first-order chi connectivity index (χ1) is 10.1. The van der Waals surface area contributed by atoms with Gasteiger partial charge in [-0.3, -0.25) is 9.80 Å². The number of rotatable bonds is 6. The average molecular weight is 308 g/mol. The lowest BCUT2D eigenvalue weighted by Crippen LogP contribution is -2.48. The Bertz CT molecular complexity index is 490. The molecule has 1 aromatic rings. The quantitative estimate of drug-likeness (QED) is 0.821. The molecule has 0 aliphatic carbocycles. The molecule has 4 nitrogen and oxygen atoms in total. The lowest BCUT2D eigenvalue weighted by atomic mass is 10.2. The topological polar surface area (TPSA) is 43.8 Å². The van der Waals surface area contributed by atoms with Crippen LogP contribution < -0.4 is 0 Å². The molecule has 1 fully saturated rings. The van der Waals surface area contributed by atoms with E-state index in [1.54, 1.807) is 17.4 Å². The highest BCUT2D eigenvalue weighted by Crippen LogP contribution is 2.19. The maximum atomic E-state index is 10.5. The molecule has 1 aliphatic rings. The van der Waals surface area contributed by atoms with Crippen LogP contribution in [0.4, 0.5) is 0 Å². The van der Waals surface area contributed by atoms with Crippen LogP contribution in [0.1, 0.15) is 30.7 Å². The highest BCUT2D eigenvalue weighted by molar-refractivity contribution is 7.10. The summed E-state index contributed by atoms with van der Waals surface area (Å²) >= 11 is 1.71. The van der Waals surface area contributed by atoms with Crippen LogP contribution in [0.2, 0.25) is 0 Å². The van der Waals surface area contributed by atoms with Crippen molar-refractivity contribution in [3.8, 4) is 0 Å². The van der Waals surface area contributed by atoms with Gasteiger partial charge in [0, 0.05) is 49.7 Å². The predicted molar refractivity (Wildman–Crippen MR) is 87.6 cm³/mol. The Hall–Kier alpha value is -1.17. The molecule has 0 amide bonds. The second kappa shape index (κ2) is 7.73. The number of carboxylic acid groups (broad SMARTS) is 1. The Morgan fingerprint density at radius 1 is 1.43 bits per heavy atom. The van der Waals surface area contributed by atoms with E-state index in [0.717, 1.165) is 38.3 Å². The summed E-state index contributed by atoms with van der Waals surface area (Å²) in [4.78, 5) is 16.9. The van der Waals surface area contributed by atoms with E-state index in [1.807, 2.05) is 5.38 Å². The van der Waals surface area contributed by atoms with Gasteiger partial charge in [0.15, 0.2) is 0 Å². The summed E-state index contributed by atoms with van der Waals surface area (Å²) < 4.78 is 0. The van der Waals surface area contributed by atoms with Crippen LogP contribution >= 0.6 is 11.3 Å². The highest BCUT2D eigenvalue weighted by Gasteiger charge is 2.20. The lowest BCUT2D eigenvalue weighted by Gasteiger charge is -2.37. The fourth-order valence-electron chi connectivity index (χ4n) is 2.58. The molecule has 0 saturated carbocycles. The van der Waals surface area contributed by atoms with E-state index in [1.165, 1.54) is 17.4 Å². The summed E-state index contributed by atoms with van der Waals surface area (Å²) in [6, 6.07) is 2.77. The zero-order valence-electron chi connectivity index (χ0n) is 12.8. The monoisotopic (exact) mass is 308 g/mol. The molecule has 1 saturated heterocycles. The second-order valence-electron chi connectivity index (χ2n) is 5.59. The number of hydrogen-bond donors (Lipinski definition) is 1. The van der Waals surface area contributed by atoms with Crippen molar-refractivity contribution in [2.24, 2.45) is 0 Å². The first kappa shape index (κ1) is 16.2. The van der Waals surface area contributed by atoms with Crippen LogP contribution in [0.15, 0.2) is 17.5 Å². The molecule has 0 spiro atoms. The van der Waals surface area contributed by atoms with E-state index in [2.05, 4.69) is 29.7 Å². The first-order valence-electron chi connectivity index (χ1n) is 7.53. The fraction of sp³-hybridized carbons (Fsp3) is 0.562. The Morgan fingerprint density at radius 3 is 2.76 bits per heavy atom. The molecule has 0 aromatic carbocycles. The lowest BCUT2D eigenvalue weighted by molar-refractivity contribution is -0.131. The molecule has 5 heteroatoms. The molecule has 1 unspecified atom stereocenters. The summed E-state index contributed by atoms with van der Waals surface area (Å²) in [6.07, 6.45) is 4.06. The predicted octanol–water partition coefficient (Wildman–Crippen LogP) is 2.76. The van der Waals surface area contributed by atoms with E-state index in [9.17, 15) is 4.79 Å². The summed E-state index contributed by atoms with van der Waals surface area (Å²) in [5, 5.41) is 10.7. The normalized spacial score (nSPS) is 19.1. The standard InChI is InChI=1S/C16H24N2O2S/c1-3-13(2)18-8-6-17(7-9-18)11-15-10-14(12-21-15)4-5-16(19)20/h4-5,10,12-13H,3,6-9,11H2,1-2H3,(H,19,20). The van der Waals surface area contributed by atoms with Gasteiger partial charge in [0.1, 0.15) is 0 Å². The Morgan fingerprint density at radius 2 is 2.14 bits per heavy atom. The molecule has 1 aromatic heterocycles. The number of hydrogen-bond acceptors (Lipinski definition) is 4. The number of thiophene rings is 1. The number of nitrogens with zero attached hydrogens (tertiary/aromatic N) is 2. The van der Waals surface area contributed by atoms with Crippen LogP contribution in [-0.2, 0) is 11.3 Å². The molecule has 0 bridgehead atoms. The average Bonchev–Trinajstić information content (AvgIpc) is 2.92. The summed E-state index contributed by atoms with van der Waals surface area (Å²) in [5.74, 6) is -0.899. The first-order valence-corrected chi connectivity index (χ1v) is 8.41. The SMILES string of the molecule is CCC(C)N1CCN(Cc2cc(C=CC(=O)O)cs2)CC1. The number of carboxylic acids is 1. The van der Waals surface area contributed by atoms with Crippen LogP contribution in [0.5, 0.6) is 0 Å². The largest absolute Gasteiger partial charge is 0.478 e. The van der Waals surface area contributed by atoms with E-state index < -0.39 is 5.97 Å². The molecule has 0 radical (unpaired) electrons. The molecular formula is C16H24N2O2S. The van der Waals surface area contributed by atoms with Gasteiger partial charge in [0.2, 0.25) is 0 Å². The van der Waals surface area contributed by atoms with Crippen molar-refractivity contribution < 1.29 is 9.90 Å². The van der Waals surface area contributed by atoms with E-state index in [0.29, 0.717) is 6.04 Å². The minimum absolute atomic E-state index is 0.682. The third-order valence-electron chi connectivity index (χ3n) is 4.09. The van der Waals surface area contributed by atoms with E-state index in [-0.39, 0.29) is 0 Å². The molecular weight excluding hydrogens is 284 g/mol. The van der Waals surface area contributed by atoms with Gasteiger partial charge in [-0.15, -0.1) is 11.3 Å². The van der Waals surface area contributed by atoms with Crippen LogP contribution in [0.25, 0.3) is 6.08 Å². The fourth-order valence-corrected chi connectivity index (χ4v) is 3.47. The van der Waals surface area contributed by atoms with Crippen molar-refractivity contribution in [1.29, 1.82) is 0 Å². The van der Waals surface area contributed by atoms with Crippen molar-refractivity contribution in [2.45, 2.75) is 32.9 Å². The van der Waals surface area contributed by atoms with Crippen LogP contribution in [-0.4, -0.2) is 53.1 Å². The molecule has 21 heavy (non-hydrogen) atoms. The van der Waals surface area contributed by atoms with Gasteiger partial charge >= 0.3 is 5.97 Å². The Labute approximate surface area is 130 Å². The minimum atomic E-state index is -0.899. The summed E-state index contributed by atoms with van der Waals surface area (Å²) in [5.41, 5.74) is 0.982. The highest BCUT2D eigenvalue weighted by atomic mass is 32.1. The third-order valence-corrected chi connectivity index (χ3v) is 5.03. The van der Waals surface area contributed by atoms with E-state index in [4.69, 9.17) is 5.11 Å². The van der Waals surface area contributed by atoms with Gasteiger partial charge in [-0.05, 0) is 36.4 Å². The van der Waals surface area contributed by atoms with Gasteiger partial charge in [-0.25, -0.2) is 4.79 Å². The number of aliphatic carboxylic acids is 1. The van der Waals surface area contributed by atoms with Crippen molar-refractivity contribution >= 4 is 23.4 Å². The van der Waals surface area contributed by atoms with Gasteiger partial charge in [-0.1, -0.05) is 6.92 Å². The van der Waals surface area contributed by atoms with Crippen molar-refractivity contribution in [3.63, 3.8) is 0 Å². The Balaban J connectivity index is 1.82. The number of carbonyl (C=O) groups is 1. The zero-order chi connectivity index (χ0) is 15.2. The van der Waals surface area contributed by atoms with Gasteiger partial charge < -0.3 is 5.11 Å². The Kier molecular flexibility index (Phi) is 5.96. The number of piperazine rings is 1. The molecule has 2 rings (SSSR count). The third kappa shape index (κ3) is 4.95. The van der Waals surface area contributed by atoms with E-state index >= 15 is 0 Å². The van der Waals surface area contributed by atoms with Crippen molar-refractivity contribution in [2.75, 3.05) is 26.2 Å². The minimum Gasteiger partial charge on any atom is -0.478 e. The van der Waals surface area contributed by atoms with Crippen molar-refractivity contribution in [1.82, 2.24) is 9.80 Å². The maximum Gasteiger partial charge on any atom is 0.328 e. The van der Waals surface area contributed by atoms with Crippen molar-refractivity contribution in [3.05, 3.63) is 28.0 Å². The van der Waals surface area contributed by atoms with Crippen LogP contribution in [0.3, 0.4) is 0 Å². The molecule has 2 heterocycles. The maximum absolute atomic E-state index is 10.5. The summed E-state index contributed by atoms with van der Waals surface area (Å²) in [7, 11) is 0. The summed E-state index contributed by atoms with van der Waals surface area (Å²) in [6.45, 7) is 10.0. The molecule has 1 N–H and O–H groups in total. The molecule has 116 valence electrons. The molecule has 1 aliphatic heterocycles. The molecule has 1 atom stereocenters. The van der Waals surface area contributed by atoms with Crippen LogP contribution in [0, 0.1) is 0 Å². The van der Waals surface area contributed by atoms with Gasteiger partial charge in [0.25, 0.3) is 0 Å². The van der Waals surface area contributed by atoms with Gasteiger partial charge in [-0.2, -0.15) is 0 Å². The van der Waals surface area contributed by atoms with Gasteiger partial charge in [0.05, 0.1) is 0 Å². The zero-order valence-corrected chi connectivity index (χ0v) is 13.6. The second-order valence-corrected chi connectivity index (χ2v) is 6.58.